The van der Waals surface area contributed by atoms with Gasteiger partial charge in [0.15, 0.2) is 0 Å². The molecule has 0 aliphatic heterocycles. The minimum absolute atomic E-state index is 0.0605. The molecule has 0 atom stereocenters. The highest BCUT2D eigenvalue weighted by atomic mass is 16.2. The van der Waals surface area contributed by atoms with Gasteiger partial charge in [-0.1, -0.05) is 29.8 Å². The summed E-state index contributed by atoms with van der Waals surface area (Å²) in [6.07, 6.45) is 5.39. The number of rotatable bonds is 5. The molecule has 4 heteroatoms. The number of hydrogen-bond donors (Lipinski definition) is 2. The number of amides is 2. The lowest BCUT2D eigenvalue weighted by atomic mass is 10.1. The summed E-state index contributed by atoms with van der Waals surface area (Å²) in [7, 11) is 0. The van der Waals surface area contributed by atoms with Crippen LogP contribution in [0.1, 0.15) is 34.3 Å². The first-order valence-corrected chi connectivity index (χ1v) is 8.07. The van der Waals surface area contributed by atoms with Crippen molar-refractivity contribution >= 4 is 23.6 Å². The molecular weight excluding hydrogens is 300 g/mol. The molecule has 1 saturated carbocycles. The molecule has 0 heterocycles. The summed E-state index contributed by atoms with van der Waals surface area (Å²) in [5.74, 6) is -0.264. The van der Waals surface area contributed by atoms with Crippen LogP contribution in [0, 0.1) is 6.92 Å². The average molecular weight is 320 g/mol. The van der Waals surface area contributed by atoms with Crippen LogP contribution in [-0.2, 0) is 4.79 Å². The zero-order valence-corrected chi connectivity index (χ0v) is 13.6. The van der Waals surface area contributed by atoms with Crippen molar-refractivity contribution in [2.24, 2.45) is 0 Å². The van der Waals surface area contributed by atoms with E-state index in [2.05, 4.69) is 10.6 Å². The van der Waals surface area contributed by atoms with Crippen molar-refractivity contribution in [3.8, 4) is 0 Å². The number of benzene rings is 2. The van der Waals surface area contributed by atoms with Gasteiger partial charge in [-0.2, -0.15) is 0 Å². The van der Waals surface area contributed by atoms with E-state index in [4.69, 9.17) is 0 Å². The predicted octanol–water partition coefficient (Wildman–Crippen LogP) is 3.54. The van der Waals surface area contributed by atoms with Crippen molar-refractivity contribution < 1.29 is 9.59 Å². The summed E-state index contributed by atoms with van der Waals surface area (Å²) in [5, 5.41) is 5.72. The van der Waals surface area contributed by atoms with Gasteiger partial charge in [0.2, 0.25) is 5.91 Å². The molecule has 4 nitrogen and oxygen atoms in total. The first kappa shape index (κ1) is 16.0. The van der Waals surface area contributed by atoms with Crippen molar-refractivity contribution in [1.29, 1.82) is 0 Å². The fourth-order valence-electron chi connectivity index (χ4n) is 2.23. The topological polar surface area (TPSA) is 58.2 Å². The molecule has 0 radical (unpaired) electrons. The first-order chi connectivity index (χ1) is 11.6. The number of hydrogen-bond acceptors (Lipinski definition) is 2. The summed E-state index contributed by atoms with van der Waals surface area (Å²) < 4.78 is 0. The second-order valence-corrected chi connectivity index (χ2v) is 6.06. The van der Waals surface area contributed by atoms with Crippen LogP contribution in [0.3, 0.4) is 0 Å². The molecular formula is C20H20N2O2. The van der Waals surface area contributed by atoms with E-state index in [-0.39, 0.29) is 11.8 Å². The number of nitrogens with one attached hydrogen (secondary N) is 2. The molecule has 3 rings (SSSR count). The Kier molecular flexibility index (Phi) is 4.75. The normalized spacial score (nSPS) is 13.7. The SMILES string of the molecule is Cc1ccc(/C=C/C(=O)Nc2ccc(C(=O)NC3CC3)cc2)cc1. The second kappa shape index (κ2) is 7.13. The lowest BCUT2D eigenvalue weighted by molar-refractivity contribution is -0.111. The lowest BCUT2D eigenvalue weighted by Crippen LogP contribution is -2.25. The zero-order chi connectivity index (χ0) is 16.9. The van der Waals surface area contributed by atoms with Crippen LogP contribution >= 0.6 is 0 Å². The van der Waals surface area contributed by atoms with Crippen molar-refractivity contribution in [1.82, 2.24) is 5.32 Å². The van der Waals surface area contributed by atoms with Gasteiger partial charge in [0.05, 0.1) is 0 Å². The van der Waals surface area contributed by atoms with Crippen molar-refractivity contribution in [2.45, 2.75) is 25.8 Å². The maximum atomic E-state index is 11.9. The Morgan fingerprint density at radius 3 is 2.29 bits per heavy atom. The van der Waals surface area contributed by atoms with E-state index in [0.717, 1.165) is 18.4 Å². The fourth-order valence-corrected chi connectivity index (χ4v) is 2.23. The van der Waals surface area contributed by atoms with Crippen LogP contribution in [0.4, 0.5) is 5.69 Å². The molecule has 0 saturated heterocycles. The van der Waals surface area contributed by atoms with Gasteiger partial charge in [-0.25, -0.2) is 0 Å². The van der Waals surface area contributed by atoms with Crippen LogP contribution in [0.2, 0.25) is 0 Å². The molecule has 1 aliphatic rings. The van der Waals surface area contributed by atoms with Crippen LogP contribution < -0.4 is 10.6 Å². The first-order valence-electron chi connectivity index (χ1n) is 8.07. The number of carbonyl (C=O) groups is 2. The second-order valence-electron chi connectivity index (χ2n) is 6.06. The maximum Gasteiger partial charge on any atom is 0.251 e. The molecule has 2 aromatic carbocycles. The molecule has 1 aliphatic carbocycles. The Hall–Kier alpha value is -2.88. The van der Waals surface area contributed by atoms with Crippen LogP contribution in [-0.4, -0.2) is 17.9 Å². The Morgan fingerprint density at radius 1 is 1.00 bits per heavy atom. The molecule has 2 amide bonds. The third kappa shape index (κ3) is 4.56. The molecule has 122 valence electrons. The summed E-state index contributed by atoms with van der Waals surface area (Å²) >= 11 is 0. The Bertz CT molecular complexity index is 757. The summed E-state index contributed by atoms with van der Waals surface area (Å²) in [6.45, 7) is 2.02. The highest BCUT2D eigenvalue weighted by molar-refractivity contribution is 6.02. The average Bonchev–Trinajstić information content (AvgIpc) is 3.39. The Labute approximate surface area is 141 Å². The molecule has 0 spiro atoms. The van der Waals surface area contributed by atoms with Gasteiger partial charge in [-0.05, 0) is 55.7 Å². The van der Waals surface area contributed by atoms with E-state index in [1.54, 1.807) is 30.3 Å². The molecule has 0 unspecified atom stereocenters. The van der Waals surface area contributed by atoms with Gasteiger partial charge in [0, 0.05) is 23.4 Å². The van der Waals surface area contributed by atoms with Gasteiger partial charge in [0.25, 0.3) is 5.91 Å². The van der Waals surface area contributed by atoms with E-state index in [1.165, 1.54) is 11.6 Å². The molecule has 2 N–H and O–H groups in total. The Balaban J connectivity index is 1.55. The standard InChI is InChI=1S/C20H20N2O2/c1-14-2-4-15(5-3-14)6-13-19(23)21-17-9-7-16(8-10-17)20(24)22-18-11-12-18/h2-10,13,18H,11-12H2,1H3,(H,21,23)(H,22,24)/b13-6+. The predicted molar refractivity (Wildman–Crippen MR) is 95.8 cm³/mol. The quantitative estimate of drug-likeness (QED) is 0.828. The highest BCUT2D eigenvalue weighted by Gasteiger charge is 2.23. The number of carbonyl (C=O) groups excluding carboxylic acids is 2. The smallest absolute Gasteiger partial charge is 0.251 e. The molecule has 0 bridgehead atoms. The molecule has 0 aromatic heterocycles. The summed E-state index contributed by atoms with van der Waals surface area (Å²) in [4.78, 5) is 23.9. The van der Waals surface area contributed by atoms with Crippen LogP contribution in [0.25, 0.3) is 6.08 Å². The van der Waals surface area contributed by atoms with E-state index in [0.29, 0.717) is 17.3 Å². The van der Waals surface area contributed by atoms with Crippen molar-refractivity contribution in [3.63, 3.8) is 0 Å². The van der Waals surface area contributed by atoms with Gasteiger partial charge in [-0.15, -0.1) is 0 Å². The third-order valence-corrected chi connectivity index (χ3v) is 3.83. The Morgan fingerprint density at radius 2 is 1.67 bits per heavy atom. The van der Waals surface area contributed by atoms with Gasteiger partial charge in [0.1, 0.15) is 0 Å². The third-order valence-electron chi connectivity index (χ3n) is 3.83. The van der Waals surface area contributed by atoms with Gasteiger partial charge < -0.3 is 10.6 Å². The number of anilines is 1. The van der Waals surface area contributed by atoms with Crippen LogP contribution in [0.15, 0.2) is 54.6 Å². The molecule has 1 fully saturated rings. The maximum absolute atomic E-state index is 11.9. The minimum Gasteiger partial charge on any atom is -0.349 e. The van der Waals surface area contributed by atoms with E-state index in [9.17, 15) is 9.59 Å². The number of aryl methyl sites for hydroxylation is 1. The monoisotopic (exact) mass is 320 g/mol. The minimum atomic E-state index is -0.203. The van der Waals surface area contributed by atoms with Gasteiger partial charge >= 0.3 is 0 Å². The van der Waals surface area contributed by atoms with E-state index in [1.807, 2.05) is 31.2 Å². The fraction of sp³-hybridized carbons (Fsp3) is 0.200. The highest BCUT2D eigenvalue weighted by Crippen LogP contribution is 2.19. The largest absolute Gasteiger partial charge is 0.349 e. The van der Waals surface area contributed by atoms with Crippen molar-refractivity contribution in [3.05, 3.63) is 71.3 Å². The molecule has 24 heavy (non-hydrogen) atoms. The van der Waals surface area contributed by atoms with Crippen LogP contribution in [0.5, 0.6) is 0 Å². The molecule has 2 aromatic rings. The van der Waals surface area contributed by atoms with Gasteiger partial charge in [-0.3, -0.25) is 9.59 Å². The summed E-state index contributed by atoms with van der Waals surface area (Å²) in [6, 6.07) is 15.2. The zero-order valence-electron chi connectivity index (χ0n) is 13.6. The van der Waals surface area contributed by atoms with Crippen molar-refractivity contribution in [2.75, 3.05) is 5.32 Å². The lowest BCUT2D eigenvalue weighted by Gasteiger charge is -2.05. The van der Waals surface area contributed by atoms with E-state index >= 15 is 0 Å². The van der Waals surface area contributed by atoms with E-state index < -0.39 is 0 Å². The summed E-state index contributed by atoms with van der Waals surface area (Å²) in [5.41, 5.74) is 3.43.